The number of benzene rings is 1. The second-order valence-electron chi connectivity index (χ2n) is 6.35. The first-order chi connectivity index (χ1) is 9.71. The molecular formula is C16H19F3O2. The maximum Gasteiger partial charge on any atom is 0.419 e. The van der Waals surface area contributed by atoms with Gasteiger partial charge in [0.25, 0.3) is 0 Å². The van der Waals surface area contributed by atoms with E-state index in [4.69, 9.17) is 4.74 Å². The molecule has 0 aromatic heterocycles. The fourth-order valence-electron chi connectivity index (χ4n) is 2.62. The summed E-state index contributed by atoms with van der Waals surface area (Å²) in [6, 6.07) is 3.44. The van der Waals surface area contributed by atoms with Crippen molar-refractivity contribution in [1.29, 1.82) is 0 Å². The molecule has 5 heteroatoms. The topological polar surface area (TPSA) is 26.3 Å². The molecule has 1 fully saturated rings. The average Bonchev–Trinajstić information content (AvgIpc) is 2.40. The van der Waals surface area contributed by atoms with E-state index < -0.39 is 11.7 Å². The molecule has 0 unspecified atom stereocenters. The van der Waals surface area contributed by atoms with Crippen LogP contribution < -0.4 is 4.74 Å². The molecule has 2 rings (SSSR count). The van der Waals surface area contributed by atoms with Crippen molar-refractivity contribution in [2.45, 2.75) is 51.8 Å². The van der Waals surface area contributed by atoms with Gasteiger partial charge >= 0.3 is 6.18 Å². The summed E-state index contributed by atoms with van der Waals surface area (Å²) in [6.07, 6.45) is -0.943. The highest BCUT2D eigenvalue weighted by Gasteiger charge is 2.36. The average molecular weight is 300 g/mol. The Morgan fingerprint density at radius 3 is 2.38 bits per heavy atom. The molecule has 0 bridgehead atoms. The SMILES string of the molecule is CC1(C)CCC(Oc2ccc(C=O)cc2C(F)(F)F)CC1. The van der Waals surface area contributed by atoms with Crippen LogP contribution in [0, 0.1) is 5.41 Å². The third-order valence-electron chi connectivity index (χ3n) is 4.02. The van der Waals surface area contributed by atoms with Crippen LogP contribution in [-0.2, 0) is 6.18 Å². The van der Waals surface area contributed by atoms with Crippen molar-refractivity contribution in [1.82, 2.24) is 0 Å². The molecule has 0 aliphatic heterocycles. The Kier molecular flexibility index (Phi) is 4.30. The van der Waals surface area contributed by atoms with Crippen LogP contribution in [0.1, 0.15) is 55.5 Å². The van der Waals surface area contributed by atoms with Gasteiger partial charge in [-0.05, 0) is 49.3 Å². The minimum absolute atomic E-state index is 0.000507. The number of rotatable bonds is 3. The molecule has 1 aliphatic carbocycles. The molecule has 0 radical (unpaired) electrons. The zero-order valence-electron chi connectivity index (χ0n) is 12.2. The molecule has 116 valence electrons. The highest BCUT2D eigenvalue weighted by atomic mass is 19.4. The maximum absolute atomic E-state index is 13.0. The Labute approximate surface area is 122 Å². The molecule has 0 atom stereocenters. The standard InChI is InChI=1S/C16H19F3O2/c1-15(2)7-5-12(6-8-15)21-14-4-3-11(10-20)9-13(14)16(17,18)19/h3-4,9-10,12H,5-8H2,1-2H3. The maximum atomic E-state index is 13.0. The van der Waals surface area contributed by atoms with Crippen LogP contribution >= 0.6 is 0 Å². The van der Waals surface area contributed by atoms with Gasteiger partial charge in [-0.25, -0.2) is 0 Å². The summed E-state index contributed by atoms with van der Waals surface area (Å²) >= 11 is 0. The summed E-state index contributed by atoms with van der Waals surface area (Å²) in [4.78, 5) is 10.7. The lowest BCUT2D eigenvalue weighted by molar-refractivity contribution is -0.139. The van der Waals surface area contributed by atoms with Gasteiger partial charge in [0.05, 0.1) is 11.7 Å². The molecule has 1 aromatic carbocycles. The molecule has 0 saturated heterocycles. The van der Waals surface area contributed by atoms with Gasteiger partial charge in [0.1, 0.15) is 12.0 Å². The van der Waals surface area contributed by atoms with E-state index >= 15 is 0 Å². The summed E-state index contributed by atoms with van der Waals surface area (Å²) < 4.78 is 44.7. The van der Waals surface area contributed by atoms with E-state index in [1.54, 1.807) is 0 Å². The predicted molar refractivity (Wildman–Crippen MR) is 73.5 cm³/mol. The van der Waals surface area contributed by atoms with Crippen LogP contribution in [0.2, 0.25) is 0 Å². The molecule has 1 aliphatic rings. The molecule has 0 amide bonds. The fourth-order valence-corrected chi connectivity index (χ4v) is 2.62. The van der Waals surface area contributed by atoms with Crippen molar-refractivity contribution in [2.75, 3.05) is 0 Å². The van der Waals surface area contributed by atoms with E-state index in [1.165, 1.54) is 12.1 Å². The lowest BCUT2D eigenvalue weighted by atomic mass is 9.76. The number of hydrogen-bond acceptors (Lipinski definition) is 2. The van der Waals surface area contributed by atoms with E-state index in [-0.39, 0.29) is 22.8 Å². The van der Waals surface area contributed by atoms with Gasteiger partial charge in [-0.15, -0.1) is 0 Å². The highest BCUT2D eigenvalue weighted by molar-refractivity contribution is 5.75. The van der Waals surface area contributed by atoms with E-state index in [9.17, 15) is 18.0 Å². The number of carbonyl (C=O) groups excluding carboxylic acids is 1. The second-order valence-corrected chi connectivity index (χ2v) is 6.35. The van der Waals surface area contributed by atoms with Crippen molar-refractivity contribution in [3.8, 4) is 5.75 Å². The third kappa shape index (κ3) is 3.99. The van der Waals surface area contributed by atoms with E-state index in [2.05, 4.69) is 13.8 Å². The van der Waals surface area contributed by atoms with Crippen LogP contribution in [0.3, 0.4) is 0 Å². The Hall–Kier alpha value is -1.52. The zero-order valence-corrected chi connectivity index (χ0v) is 12.2. The van der Waals surface area contributed by atoms with Gasteiger partial charge < -0.3 is 4.74 Å². The number of aldehydes is 1. The molecule has 0 spiro atoms. The van der Waals surface area contributed by atoms with Crippen molar-refractivity contribution < 1.29 is 22.7 Å². The van der Waals surface area contributed by atoms with E-state index in [0.717, 1.165) is 31.7 Å². The van der Waals surface area contributed by atoms with Gasteiger partial charge in [0, 0.05) is 5.56 Å². The third-order valence-corrected chi connectivity index (χ3v) is 4.02. The van der Waals surface area contributed by atoms with Crippen LogP contribution in [-0.4, -0.2) is 12.4 Å². The van der Waals surface area contributed by atoms with Gasteiger partial charge in [0.15, 0.2) is 0 Å². The minimum Gasteiger partial charge on any atom is -0.490 e. The lowest BCUT2D eigenvalue weighted by Gasteiger charge is -2.34. The van der Waals surface area contributed by atoms with Gasteiger partial charge in [-0.1, -0.05) is 13.8 Å². The van der Waals surface area contributed by atoms with E-state index in [1.807, 2.05) is 0 Å². The van der Waals surface area contributed by atoms with Crippen LogP contribution in [0.15, 0.2) is 18.2 Å². The largest absolute Gasteiger partial charge is 0.490 e. The molecule has 1 saturated carbocycles. The van der Waals surface area contributed by atoms with Gasteiger partial charge in [-0.3, -0.25) is 4.79 Å². The number of hydrogen-bond donors (Lipinski definition) is 0. The van der Waals surface area contributed by atoms with Crippen molar-refractivity contribution in [3.63, 3.8) is 0 Å². The Bertz CT molecular complexity index is 511. The van der Waals surface area contributed by atoms with Gasteiger partial charge in [-0.2, -0.15) is 13.2 Å². The van der Waals surface area contributed by atoms with E-state index in [0.29, 0.717) is 6.29 Å². The molecule has 2 nitrogen and oxygen atoms in total. The smallest absolute Gasteiger partial charge is 0.419 e. The quantitative estimate of drug-likeness (QED) is 0.745. The zero-order chi connectivity index (χ0) is 15.7. The van der Waals surface area contributed by atoms with Crippen LogP contribution in [0.4, 0.5) is 13.2 Å². The monoisotopic (exact) mass is 300 g/mol. The Morgan fingerprint density at radius 1 is 1.24 bits per heavy atom. The fraction of sp³-hybridized carbons (Fsp3) is 0.562. The first kappa shape index (κ1) is 15.9. The molecular weight excluding hydrogens is 281 g/mol. The van der Waals surface area contributed by atoms with Crippen molar-refractivity contribution >= 4 is 6.29 Å². The number of carbonyl (C=O) groups is 1. The normalized spacial score (nSPS) is 19.3. The molecule has 0 heterocycles. The van der Waals surface area contributed by atoms with Crippen LogP contribution in [0.25, 0.3) is 0 Å². The summed E-state index contributed by atoms with van der Waals surface area (Å²) in [5.41, 5.74) is -0.648. The highest BCUT2D eigenvalue weighted by Crippen LogP contribution is 2.40. The number of alkyl halides is 3. The molecule has 0 N–H and O–H groups in total. The summed E-state index contributed by atoms with van der Waals surface area (Å²) in [7, 11) is 0. The lowest BCUT2D eigenvalue weighted by Crippen LogP contribution is -2.29. The first-order valence-electron chi connectivity index (χ1n) is 7.04. The van der Waals surface area contributed by atoms with Crippen molar-refractivity contribution in [2.24, 2.45) is 5.41 Å². The summed E-state index contributed by atoms with van der Waals surface area (Å²) in [6.45, 7) is 4.31. The van der Waals surface area contributed by atoms with Crippen LogP contribution in [0.5, 0.6) is 5.75 Å². The Balaban J connectivity index is 2.18. The summed E-state index contributed by atoms with van der Waals surface area (Å²) in [5, 5.41) is 0. The minimum atomic E-state index is -4.53. The van der Waals surface area contributed by atoms with Crippen molar-refractivity contribution in [3.05, 3.63) is 29.3 Å². The number of ether oxygens (including phenoxy) is 1. The Morgan fingerprint density at radius 2 is 1.86 bits per heavy atom. The first-order valence-corrected chi connectivity index (χ1v) is 7.04. The molecule has 1 aromatic rings. The number of halogens is 3. The van der Waals surface area contributed by atoms with Gasteiger partial charge in [0.2, 0.25) is 0 Å². The predicted octanol–water partition coefficient (Wildman–Crippen LogP) is 4.87. The molecule has 21 heavy (non-hydrogen) atoms. The summed E-state index contributed by atoms with van der Waals surface area (Å²) in [5.74, 6) is -0.183. The second kappa shape index (κ2) is 5.70.